The quantitative estimate of drug-likeness (QED) is 0.663. The molecule has 0 saturated heterocycles. The Morgan fingerprint density at radius 2 is 2.30 bits per heavy atom. The Bertz CT molecular complexity index is 644. The number of aromatic nitrogens is 4. The molecule has 2 rings (SSSR count). The number of hydrogen-bond donors (Lipinski definition) is 1. The van der Waals surface area contributed by atoms with Gasteiger partial charge in [-0.25, -0.2) is 4.68 Å². The number of benzene rings is 1. The van der Waals surface area contributed by atoms with Crippen LogP contribution in [-0.4, -0.2) is 33.9 Å². The van der Waals surface area contributed by atoms with Crippen LogP contribution in [0.25, 0.3) is 0 Å². The number of methoxy groups -OCH3 is 1. The zero-order valence-electron chi connectivity index (χ0n) is 11.3. The average Bonchev–Trinajstić information content (AvgIpc) is 2.88. The molecule has 0 unspecified atom stereocenters. The molecule has 7 heteroatoms. The van der Waals surface area contributed by atoms with Crippen LogP contribution in [-0.2, 0) is 12.8 Å². The van der Waals surface area contributed by atoms with E-state index in [1.807, 2.05) is 25.2 Å². The molecule has 1 aromatic heterocycles. The largest absolute Gasteiger partial charge is 0.495 e. The van der Waals surface area contributed by atoms with E-state index < -0.39 is 0 Å². The summed E-state index contributed by atoms with van der Waals surface area (Å²) in [4.78, 5) is 0. The smallest absolute Gasteiger partial charge is 0.209 e. The van der Waals surface area contributed by atoms with Gasteiger partial charge in [-0.05, 0) is 28.1 Å². The van der Waals surface area contributed by atoms with Crippen molar-refractivity contribution in [3.63, 3.8) is 0 Å². The van der Waals surface area contributed by atoms with Gasteiger partial charge in [0, 0.05) is 12.8 Å². The number of rotatable bonds is 4. The van der Waals surface area contributed by atoms with E-state index in [9.17, 15) is 0 Å². The van der Waals surface area contributed by atoms with Gasteiger partial charge in [0.1, 0.15) is 5.75 Å². The Labute approximate surface area is 121 Å². The average molecular weight is 289 g/mol. The predicted octanol–water partition coefficient (Wildman–Crippen LogP) is 0.821. The van der Waals surface area contributed by atoms with Crippen LogP contribution in [0.2, 0.25) is 0 Å². The second-order valence-electron chi connectivity index (χ2n) is 3.91. The van der Waals surface area contributed by atoms with Gasteiger partial charge in [0.15, 0.2) is 0 Å². The highest BCUT2D eigenvalue weighted by Gasteiger charge is 2.06. The van der Waals surface area contributed by atoms with Crippen LogP contribution in [0, 0.1) is 11.8 Å². The fourth-order valence-electron chi connectivity index (χ4n) is 1.58. The van der Waals surface area contributed by atoms with Gasteiger partial charge in [-0.2, -0.15) is 0 Å². The van der Waals surface area contributed by atoms with Crippen molar-refractivity contribution in [1.82, 2.24) is 20.2 Å². The predicted molar refractivity (Wildman–Crippen MR) is 77.3 cm³/mol. The van der Waals surface area contributed by atoms with Crippen molar-refractivity contribution in [2.75, 3.05) is 13.7 Å². The summed E-state index contributed by atoms with van der Waals surface area (Å²) in [6.45, 7) is 0.326. The molecule has 0 radical (unpaired) electrons. The molecule has 0 amide bonds. The highest BCUT2D eigenvalue weighted by Crippen LogP contribution is 2.24. The Balaban J connectivity index is 2.14. The maximum Gasteiger partial charge on any atom is 0.209 e. The van der Waals surface area contributed by atoms with Gasteiger partial charge < -0.3 is 10.5 Å². The van der Waals surface area contributed by atoms with Gasteiger partial charge in [-0.15, -0.1) is 5.10 Å². The van der Waals surface area contributed by atoms with Crippen LogP contribution in [0.15, 0.2) is 23.4 Å². The number of nitrogens with zero attached hydrogens (tertiary/aromatic N) is 4. The fraction of sp³-hybridized carbons (Fsp3) is 0.308. The van der Waals surface area contributed by atoms with E-state index in [0.29, 0.717) is 6.54 Å². The third-order valence-corrected chi connectivity index (χ3v) is 3.62. The van der Waals surface area contributed by atoms with E-state index in [4.69, 9.17) is 10.5 Å². The topological polar surface area (TPSA) is 78.9 Å². The maximum atomic E-state index is 5.40. The van der Waals surface area contributed by atoms with Gasteiger partial charge >= 0.3 is 0 Å². The minimum absolute atomic E-state index is 0.326. The second kappa shape index (κ2) is 6.93. The Morgan fingerprint density at radius 1 is 1.45 bits per heavy atom. The van der Waals surface area contributed by atoms with Gasteiger partial charge in [0.05, 0.1) is 19.2 Å². The summed E-state index contributed by atoms with van der Waals surface area (Å²) in [5.74, 6) is 7.36. The third-order valence-electron chi connectivity index (χ3n) is 2.54. The van der Waals surface area contributed by atoms with Crippen LogP contribution in [0.5, 0.6) is 5.75 Å². The van der Waals surface area contributed by atoms with E-state index in [0.717, 1.165) is 27.8 Å². The molecule has 2 aromatic rings. The molecule has 0 atom stereocenters. The second-order valence-corrected chi connectivity index (χ2v) is 4.86. The molecule has 0 spiro atoms. The highest BCUT2D eigenvalue weighted by atomic mass is 32.2. The van der Waals surface area contributed by atoms with Gasteiger partial charge in [-0.3, -0.25) is 0 Å². The minimum atomic E-state index is 0.326. The molecule has 20 heavy (non-hydrogen) atoms. The van der Waals surface area contributed by atoms with E-state index in [2.05, 4.69) is 27.4 Å². The SMILES string of the molecule is COc1ccc(CSc2nnnn2C)cc1C#CCN. The first-order valence-electron chi connectivity index (χ1n) is 5.95. The summed E-state index contributed by atoms with van der Waals surface area (Å²) in [6.07, 6.45) is 0. The van der Waals surface area contributed by atoms with Crippen molar-refractivity contribution >= 4 is 11.8 Å². The van der Waals surface area contributed by atoms with Crippen molar-refractivity contribution < 1.29 is 4.74 Å². The highest BCUT2D eigenvalue weighted by molar-refractivity contribution is 7.98. The van der Waals surface area contributed by atoms with Crippen LogP contribution in [0.4, 0.5) is 0 Å². The monoisotopic (exact) mass is 289 g/mol. The van der Waals surface area contributed by atoms with Crippen molar-refractivity contribution in [1.29, 1.82) is 0 Å². The summed E-state index contributed by atoms with van der Waals surface area (Å²) in [6, 6.07) is 5.91. The van der Waals surface area contributed by atoms with E-state index >= 15 is 0 Å². The molecule has 1 heterocycles. The van der Waals surface area contributed by atoms with Gasteiger partial charge in [0.25, 0.3) is 0 Å². The molecule has 0 saturated carbocycles. The number of hydrogen-bond acceptors (Lipinski definition) is 6. The molecule has 104 valence electrons. The number of tetrazole rings is 1. The van der Waals surface area contributed by atoms with Crippen molar-refractivity contribution in [2.45, 2.75) is 10.9 Å². The van der Waals surface area contributed by atoms with E-state index in [1.54, 1.807) is 23.6 Å². The molecule has 0 aliphatic heterocycles. The lowest BCUT2D eigenvalue weighted by molar-refractivity contribution is 0.413. The van der Waals surface area contributed by atoms with E-state index in [-0.39, 0.29) is 0 Å². The molecule has 0 aliphatic rings. The zero-order chi connectivity index (χ0) is 14.4. The van der Waals surface area contributed by atoms with Crippen molar-refractivity contribution in [3.05, 3.63) is 29.3 Å². The molecular formula is C13H15N5OS. The molecule has 1 aromatic carbocycles. The van der Waals surface area contributed by atoms with Crippen molar-refractivity contribution in [2.24, 2.45) is 12.8 Å². The summed E-state index contributed by atoms with van der Waals surface area (Å²) >= 11 is 1.57. The maximum absolute atomic E-state index is 5.40. The minimum Gasteiger partial charge on any atom is -0.495 e. The van der Waals surface area contributed by atoms with Crippen LogP contribution >= 0.6 is 11.8 Å². The summed E-state index contributed by atoms with van der Waals surface area (Å²) in [7, 11) is 3.44. The van der Waals surface area contributed by atoms with Crippen LogP contribution in [0.1, 0.15) is 11.1 Å². The summed E-state index contributed by atoms with van der Waals surface area (Å²) in [5, 5.41) is 12.1. The van der Waals surface area contributed by atoms with Crippen molar-refractivity contribution in [3.8, 4) is 17.6 Å². The number of aryl methyl sites for hydroxylation is 1. The molecule has 0 aliphatic carbocycles. The Kier molecular flexibility index (Phi) is 4.98. The molecule has 6 nitrogen and oxygen atoms in total. The number of ether oxygens (including phenoxy) is 1. The Hall–Kier alpha value is -2.04. The van der Waals surface area contributed by atoms with Crippen LogP contribution < -0.4 is 10.5 Å². The standard InChI is InChI=1S/C13H15N5OS/c1-18-13(15-16-17-18)20-9-10-5-6-12(19-2)11(8-10)4-3-7-14/h5-6,8H,7,9,14H2,1-2H3. The van der Waals surface area contributed by atoms with Gasteiger partial charge in [0.2, 0.25) is 5.16 Å². The molecule has 0 bridgehead atoms. The summed E-state index contributed by atoms with van der Waals surface area (Å²) in [5.41, 5.74) is 7.37. The number of nitrogens with two attached hydrogens (primary N) is 1. The van der Waals surface area contributed by atoms with Crippen LogP contribution in [0.3, 0.4) is 0 Å². The molecule has 2 N–H and O–H groups in total. The Morgan fingerprint density at radius 3 is 2.95 bits per heavy atom. The first-order valence-corrected chi connectivity index (χ1v) is 6.94. The molecular weight excluding hydrogens is 274 g/mol. The lowest BCUT2D eigenvalue weighted by atomic mass is 10.1. The number of thioether (sulfide) groups is 1. The first kappa shape index (κ1) is 14.4. The summed E-state index contributed by atoms with van der Waals surface area (Å²) < 4.78 is 6.92. The van der Waals surface area contributed by atoms with E-state index in [1.165, 1.54) is 0 Å². The third kappa shape index (κ3) is 3.50. The molecule has 0 fully saturated rings. The van der Waals surface area contributed by atoms with Gasteiger partial charge in [-0.1, -0.05) is 29.7 Å². The first-order chi connectivity index (χ1) is 9.74. The zero-order valence-corrected chi connectivity index (χ0v) is 12.1. The lowest BCUT2D eigenvalue weighted by Gasteiger charge is -2.06. The lowest BCUT2D eigenvalue weighted by Crippen LogP contribution is -1.95. The fourth-order valence-corrected chi connectivity index (χ4v) is 2.37. The normalized spacial score (nSPS) is 9.95.